The predicted octanol–water partition coefficient (Wildman–Crippen LogP) is 4.65. The number of nitrogens with zero attached hydrogens (tertiary/aromatic N) is 2. The van der Waals surface area contributed by atoms with Gasteiger partial charge in [0.2, 0.25) is 5.88 Å². The molecule has 3 aromatic rings. The van der Waals surface area contributed by atoms with Gasteiger partial charge in [-0.1, -0.05) is 11.6 Å². The van der Waals surface area contributed by atoms with E-state index < -0.39 is 11.1 Å². The zero-order valence-corrected chi connectivity index (χ0v) is 16.4. The second-order valence-corrected chi connectivity index (χ2v) is 7.71. The van der Waals surface area contributed by atoms with Crippen LogP contribution in [-0.4, -0.2) is 27.2 Å². The van der Waals surface area contributed by atoms with Gasteiger partial charge in [0.05, 0.1) is 11.0 Å². The highest BCUT2D eigenvalue weighted by atomic mass is 35.5. The number of aromatic nitrogens is 2. The van der Waals surface area contributed by atoms with E-state index in [4.69, 9.17) is 20.8 Å². The van der Waals surface area contributed by atoms with Crippen LogP contribution in [0.15, 0.2) is 40.0 Å². The number of furan rings is 1. The number of hydrogen-bond acceptors (Lipinski definition) is 7. The van der Waals surface area contributed by atoms with Crippen LogP contribution in [0.3, 0.4) is 0 Å². The molecule has 0 aliphatic carbocycles. The van der Waals surface area contributed by atoms with Crippen molar-refractivity contribution in [3.05, 3.63) is 46.4 Å². The van der Waals surface area contributed by atoms with Crippen molar-refractivity contribution in [2.75, 3.05) is 0 Å². The second kappa shape index (κ2) is 7.29. The molecule has 1 N–H and O–H groups in total. The van der Waals surface area contributed by atoms with Crippen LogP contribution in [0, 0.1) is 0 Å². The predicted molar refractivity (Wildman–Crippen MR) is 107 cm³/mol. The molecule has 1 aliphatic rings. The molecule has 3 aromatic heterocycles. The minimum absolute atomic E-state index is 0.0424. The Morgan fingerprint density at radius 2 is 2.07 bits per heavy atom. The molecule has 4 rings (SSSR count). The summed E-state index contributed by atoms with van der Waals surface area (Å²) >= 11 is 7.13. The third-order valence-corrected chi connectivity index (χ3v) is 4.90. The number of imide groups is 1. The minimum Gasteiger partial charge on any atom is -0.474 e. The molecule has 0 saturated carbocycles. The Morgan fingerprint density at radius 3 is 2.75 bits per heavy atom. The van der Waals surface area contributed by atoms with Crippen LogP contribution in [0.1, 0.15) is 19.6 Å². The van der Waals surface area contributed by atoms with Crippen LogP contribution in [-0.2, 0) is 4.79 Å². The quantitative estimate of drug-likeness (QED) is 0.619. The maximum atomic E-state index is 11.7. The van der Waals surface area contributed by atoms with Crippen molar-refractivity contribution in [3.63, 3.8) is 0 Å². The van der Waals surface area contributed by atoms with E-state index in [1.807, 2.05) is 13.8 Å². The second-order valence-electron chi connectivity index (χ2n) is 6.28. The van der Waals surface area contributed by atoms with Crippen molar-refractivity contribution in [1.29, 1.82) is 0 Å². The number of thioether (sulfide) groups is 1. The van der Waals surface area contributed by atoms with Crippen LogP contribution in [0.4, 0.5) is 4.79 Å². The highest BCUT2D eigenvalue weighted by Gasteiger charge is 2.25. The molecule has 0 bridgehead atoms. The summed E-state index contributed by atoms with van der Waals surface area (Å²) in [6.45, 7) is 3.79. The van der Waals surface area contributed by atoms with Crippen molar-refractivity contribution < 1.29 is 18.7 Å². The van der Waals surface area contributed by atoms with Crippen LogP contribution < -0.4 is 10.1 Å². The highest BCUT2D eigenvalue weighted by molar-refractivity contribution is 8.18. The van der Waals surface area contributed by atoms with Crippen molar-refractivity contribution in [2.24, 2.45) is 0 Å². The van der Waals surface area contributed by atoms with Crippen molar-refractivity contribution >= 4 is 51.6 Å². The molecule has 1 saturated heterocycles. The van der Waals surface area contributed by atoms with E-state index in [9.17, 15) is 9.59 Å². The van der Waals surface area contributed by atoms with Gasteiger partial charge in [0, 0.05) is 41.2 Å². The molecule has 9 heteroatoms. The maximum absolute atomic E-state index is 11.7. The molecule has 142 valence electrons. The third kappa shape index (κ3) is 3.61. The Hall–Kier alpha value is -2.84. The van der Waals surface area contributed by atoms with E-state index in [2.05, 4.69) is 15.3 Å². The molecule has 28 heavy (non-hydrogen) atoms. The number of hydrogen-bond donors (Lipinski definition) is 1. The van der Waals surface area contributed by atoms with Gasteiger partial charge < -0.3 is 9.15 Å². The molecule has 0 spiro atoms. The zero-order chi connectivity index (χ0) is 19.8. The Kier molecular flexibility index (Phi) is 4.82. The molecular formula is C19H14ClN3O4S. The van der Waals surface area contributed by atoms with Gasteiger partial charge in [-0.25, -0.2) is 4.98 Å². The molecule has 1 fully saturated rings. The number of carbonyl (C=O) groups excluding carboxylic acids is 2. The lowest BCUT2D eigenvalue weighted by atomic mass is 10.1. The molecule has 2 amide bonds. The molecular weight excluding hydrogens is 402 g/mol. The topological polar surface area (TPSA) is 94.3 Å². The lowest BCUT2D eigenvalue weighted by molar-refractivity contribution is -0.115. The van der Waals surface area contributed by atoms with Gasteiger partial charge in [0.15, 0.2) is 0 Å². The smallest absolute Gasteiger partial charge is 0.290 e. The van der Waals surface area contributed by atoms with Crippen molar-refractivity contribution in [1.82, 2.24) is 15.3 Å². The largest absolute Gasteiger partial charge is 0.474 e. The molecule has 0 radical (unpaired) electrons. The van der Waals surface area contributed by atoms with Crippen LogP contribution in [0.2, 0.25) is 5.02 Å². The minimum atomic E-state index is -0.439. The van der Waals surface area contributed by atoms with E-state index >= 15 is 0 Å². The molecule has 1 aliphatic heterocycles. The molecule has 0 aromatic carbocycles. The first kappa shape index (κ1) is 18.5. The van der Waals surface area contributed by atoms with Crippen molar-refractivity contribution in [3.8, 4) is 17.0 Å². The Morgan fingerprint density at radius 1 is 1.25 bits per heavy atom. The average molecular weight is 416 g/mol. The third-order valence-electron chi connectivity index (χ3n) is 3.82. The number of halogens is 1. The van der Waals surface area contributed by atoms with E-state index in [0.717, 1.165) is 22.7 Å². The summed E-state index contributed by atoms with van der Waals surface area (Å²) < 4.78 is 11.5. The Balaban J connectivity index is 1.74. The highest BCUT2D eigenvalue weighted by Crippen LogP contribution is 2.35. The first-order chi connectivity index (χ1) is 13.4. The summed E-state index contributed by atoms with van der Waals surface area (Å²) in [4.78, 5) is 31.8. The molecule has 0 unspecified atom stereocenters. The number of rotatable bonds is 4. The van der Waals surface area contributed by atoms with Gasteiger partial charge in [-0.3, -0.25) is 19.9 Å². The van der Waals surface area contributed by atoms with E-state index in [1.165, 1.54) is 6.08 Å². The lowest BCUT2D eigenvalue weighted by Crippen LogP contribution is -2.17. The molecule has 7 nitrogen and oxygen atoms in total. The SMILES string of the molecule is CC(C)Oc1ncc(-c2cncc3cc(/C=C4/SC(=O)NC4=O)oc23)cc1Cl. The summed E-state index contributed by atoms with van der Waals surface area (Å²) in [5.41, 5.74) is 2.00. The standard InChI is InChI=1S/C19H14ClN3O4S/c1-9(2)26-18-14(20)4-10(7-22-18)13-8-21-6-11-3-12(27-16(11)13)5-15-17(24)23-19(25)28-15/h3-9H,1-2H3,(H,23,24,25)/b15-5+. The maximum Gasteiger partial charge on any atom is 0.290 e. The number of carbonyl (C=O) groups is 2. The normalized spacial score (nSPS) is 15.6. The first-order valence-electron chi connectivity index (χ1n) is 8.35. The summed E-state index contributed by atoms with van der Waals surface area (Å²) in [7, 11) is 0. The van der Waals surface area contributed by atoms with Gasteiger partial charge in [-0.15, -0.1) is 0 Å². The van der Waals surface area contributed by atoms with Crippen LogP contribution in [0.5, 0.6) is 5.88 Å². The summed E-state index contributed by atoms with van der Waals surface area (Å²) in [6, 6.07) is 3.49. The lowest BCUT2D eigenvalue weighted by Gasteiger charge is -2.11. The Bertz CT molecular complexity index is 1140. The fourth-order valence-electron chi connectivity index (χ4n) is 2.69. The molecule has 0 atom stereocenters. The number of pyridine rings is 2. The van der Waals surface area contributed by atoms with Crippen LogP contribution in [0.25, 0.3) is 28.2 Å². The van der Waals surface area contributed by atoms with Gasteiger partial charge in [-0.05, 0) is 37.7 Å². The number of ether oxygens (including phenoxy) is 1. The monoisotopic (exact) mass is 415 g/mol. The Labute approximate surface area is 169 Å². The average Bonchev–Trinajstić information content (AvgIpc) is 3.18. The number of nitrogens with one attached hydrogen (secondary N) is 1. The van der Waals surface area contributed by atoms with Crippen molar-refractivity contribution in [2.45, 2.75) is 20.0 Å². The van der Waals surface area contributed by atoms with E-state index in [-0.39, 0.29) is 11.0 Å². The number of fused-ring (bicyclic) bond motifs is 1. The first-order valence-corrected chi connectivity index (χ1v) is 9.55. The fraction of sp³-hybridized carbons (Fsp3) is 0.158. The molecule has 4 heterocycles. The van der Waals surface area contributed by atoms with Gasteiger partial charge in [0.25, 0.3) is 11.1 Å². The summed E-state index contributed by atoms with van der Waals surface area (Å²) in [5, 5.41) is 2.94. The number of amides is 2. The van der Waals surface area contributed by atoms with Gasteiger partial charge in [-0.2, -0.15) is 0 Å². The zero-order valence-electron chi connectivity index (χ0n) is 14.9. The van der Waals surface area contributed by atoms with E-state index in [0.29, 0.717) is 27.8 Å². The van der Waals surface area contributed by atoms with Crippen LogP contribution >= 0.6 is 23.4 Å². The summed E-state index contributed by atoms with van der Waals surface area (Å²) in [6.07, 6.45) is 6.43. The van der Waals surface area contributed by atoms with Gasteiger partial charge >= 0.3 is 0 Å². The van der Waals surface area contributed by atoms with Gasteiger partial charge in [0.1, 0.15) is 16.4 Å². The van der Waals surface area contributed by atoms with E-state index in [1.54, 1.807) is 30.7 Å². The fourth-order valence-corrected chi connectivity index (χ4v) is 3.56. The summed E-state index contributed by atoms with van der Waals surface area (Å²) in [5.74, 6) is 0.361.